The molecular weight excluding hydrogens is 155 g/mol. The Hall–Kier alpha value is 0.350. The lowest BCUT2D eigenvalue weighted by atomic mass is 10.1. The summed E-state index contributed by atoms with van der Waals surface area (Å²) >= 11 is 0. The first kappa shape index (κ1) is 11.4. The molecule has 0 aromatic carbocycles. The number of hydrogen-bond acceptors (Lipinski definition) is 2. The van der Waals surface area contributed by atoms with Gasteiger partial charge in [-0.1, -0.05) is 29.2 Å². The molecule has 0 rings (SSSR count). The van der Waals surface area contributed by atoms with E-state index in [0.717, 1.165) is 13.0 Å². The third kappa shape index (κ3) is 6.74. The van der Waals surface area contributed by atoms with Crippen molar-refractivity contribution in [1.29, 1.82) is 0 Å². The lowest BCUT2D eigenvalue weighted by Gasteiger charge is -2.14. The average molecular weight is 176 g/mol. The van der Waals surface area contributed by atoms with Crippen LogP contribution in [0.4, 0.5) is 0 Å². The van der Waals surface area contributed by atoms with E-state index in [9.17, 15) is 0 Å². The second-order valence-corrected chi connectivity index (χ2v) is 3.27. The van der Waals surface area contributed by atoms with E-state index in [4.69, 9.17) is 5.73 Å². The van der Waals surface area contributed by atoms with Gasteiger partial charge in [0.05, 0.1) is 0 Å². The summed E-state index contributed by atoms with van der Waals surface area (Å²) in [4.78, 5) is 0. The van der Waals surface area contributed by atoms with Crippen LogP contribution in [-0.2, 0) is 0 Å². The molecular formula is C8H21N2P. The van der Waals surface area contributed by atoms with Gasteiger partial charge in [-0.3, -0.25) is 5.09 Å². The molecule has 3 heteroatoms. The Kier molecular flexibility index (Phi) is 8.72. The van der Waals surface area contributed by atoms with Crippen molar-refractivity contribution in [2.24, 2.45) is 5.73 Å². The highest BCUT2D eigenvalue weighted by molar-refractivity contribution is 7.13. The van der Waals surface area contributed by atoms with Crippen LogP contribution in [0.15, 0.2) is 0 Å². The van der Waals surface area contributed by atoms with Gasteiger partial charge in [-0.25, -0.2) is 0 Å². The Morgan fingerprint density at radius 2 is 2.00 bits per heavy atom. The van der Waals surface area contributed by atoms with E-state index in [1.807, 2.05) is 0 Å². The van der Waals surface area contributed by atoms with Crippen molar-refractivity contribution in [2.75, 3.05) is 6.54 Å². The Bertz CT molecular complexity index is 70.5. The molecule has 0 aliphatic heterocycles. The molecule has 0 heterocycles. The van der Waals surface area contributed by atoms with Gasteiger partial charge < -0.3 is 5.73 Å². The fourth-order valence-electron chi connectivity index (χ4n) is 1.13. The van der Waals surface area contributed by atoms with Crippen LogP contribution in [0, 0.1) is 0 Å². The minimum atomic E-state index is 0.656. The molecule has 3 N–H and O–H groups in total. The van der Waals surface area contributed by atoms with E-state index >= 15 is 0 Å². The second-order valence-electron chi connectivity index (χ2n) is 2.94. The van der Waals surface area contributed by atoms with Gasteiger partial charge in [-0.2, -0.15) is 0 Å². The zero-order valence-corrected chi connectivity index (χ0v) is 8.63. The van der Waals surface area contributed by atoms with Crippen molar-refractivity contribution in [2.45, 2.75) is 45.1 Å². The summed E-state index contributed by atoms with van der Waals surface area (Å²) in [7, 11) is 2.59. The molecule has 0 amide bonds. The fraction of sp³-hybridized carbons (Fsp3) is 1.00. The van der Waals surface area contributed by atoms with Crippen LogP contribution in [0.3, 0.4) is 0 Å². The van der Waals surface area contributed by atoms with Crippen molar-refractivity contribution < 1.29 is 0 Å². The molecule has 0 radical (unpaired) electrons. The number of unbranched alkanes of at least 4 members (excludes halogenated alkanes) is 1. The highest BCUT2D eigenvalue weighted by atomic mass is 31.0. The van der Waals surface area contributed by atoms with Crippen molar-refractivity contribution in [3.63, 3.8) is 0 Å². The maximum Gasteiger partial charge on any atom is 0.00993 e. The minimum Gasteiger partial charge on any atom is -0.330 e. The molecule has 2 nitrogen and oxygen atoms in total. The van der Waals surface area contributed by atoms with Gasteiger partial charge in [0.25, 0.3) is 0 Å². The van der Waals surface area contributed by atoms with Gasteiger partial charge in [-0.05, 0) is 25.8 Å². The molecule has 0 aliphatic rings. The standard InChI is InChI=1S/C8H21N2P/c1-2-3-5-8(10-11)6-4-7-9/h8,10H,2-7,9,11H2,1H3. The maximum atomic E-state index is 5.43. The quantitative estimate of drug-likeness (QED) is 0.579. The predicted molar refractivity (Wildman–Crippen MR) is 54.4 cm³/mol. The summed E-state index contributed by atoms with van der Waals surface area (Å²) in [6.45, 7) is 3.04. The molecule has 68 valence electrons. The molecule has 0 aromatic rings. The van der Waals surface area contributed by atoms with Crippen LogP contribution in [0.1, 0.15) is 39.0 Å². The summed E-state index contributed by atoms with van der Waals surface area (Å²) in [5, 5.41) is 3.23. The van der Waals surface area contributed by atoms with Crippen molar-refractivity contribution in [1.82, 2.24) is 5.09 Å². The summed E-state index contributed by atoms with van der Waals surface area (Å²) in [5.41, 5.74) is 5.43. The van der Waals surface area contributed by atoms with Gasteiger partial charge >= 0.3 is 0 Å². The topological polar surface area (TPSA) is 38.0 Å². The Labute approximate surface area is 72.6 Å². The maximum absolute atomic E-state index is 5.43. The molecule has 11 heavy (non-hydrogen) atoms. The molecule has 0 bridgehead atoms. The molecule has 0 spiro atoms. The van der Waals surface area contributed by atoms with Crippen LogP contribution in [-0.4, -0.2) is 12.6 Å². The summed E-state index contributed by atoms with van der Waals surface area (Å²) in [6, 6.07) is 0.656. The van der Waals surface area contributed by atoms with Gasteiger partial charge in [-0.15, -0.1) is 0 Å². The van der Waals surface area contributed by atoms with Gasteiger partial charge in [0.1, 0.15) is 0 Å². The van der Waals surface area contributed by atoms with E-state index in [-0.39, 0.29) is 0 Å². The van der Waals surface area contributed by atoms with Crippen molar-refractivity contribution in [3.05, 3.63) is 0 Å². The smallest absolute Gasteiger partial charge is 0.00993 e. The molecule has 2 unspecified atom stereocenters. The van der Waals surface area contributed by atoms with E-state index < -0.39 is 0 Å². The first-order valence-electron chi connectivity index (χ1n) is 4.51. The largest absolute Gasteiger partial charge is 0.330 e. The molecule has 0 aromatic heterocycles. The molecule has 0 saturated heterocycles. The van der Waals surface area contributed by atoms with Crippen LogP contribution < -0.4 is 10.8 Å². The molecule has 0 saturated carbocycles. The van der Waals surface area contributed by atoms with Gasteiger partial charge in [0.2, 0.25) is 0 Å². The Balaban J connectivity index is 3.25. The zero-order valence-electron chi connectivity index (χ0n) is 7.47. The van der Waals surface area contributed by atoms with E-state index in [0.29, 0.717) is 6.04 Å². The number of nitrogens with two attached hydrogens (primary N) is 1. The minimum absolute atomic E-state index is 0.656. The number of hydrogen-bond donors (Lipinski definition) is 2. The number of rotatable bonds is 7. The second kappa shape index (κ2) is 8.45. The lowest BCUT2D eigenvalue weighted by Crippen LogP contribution is -2.21. The van der Waals surface area contributed by atoms with Crippen molar-refractivity contribution in [3.8, 4) is 0 Å². The summed E-state index contributed by atoms with van der Waals surface area (Å²) in [6.07, 6.45) is 6.22. The van der Waals surface area contributed by atoms with Gasteiger partial charge in [0.15, 0.2) is 0 Å². The predicted octanol–water partition coefficient (Wildman–Crippen LogP) is 1.66. The third-order valence-electron chi connectivity index (χ3n) is 1.90. The van der Waals surface area contributed by atoms with E-state index in [1.165, 1.54) is 25.7 Å². The molecule has 0 aliphatic carbocycles. The molecule has 2 atom stereocenters. The fourth-order valence-corrected chi connectivity index (χ4v) is 1.46. The van der Waals surface area contributed by atoms with E-state index in [1.54, 1.807) is 0 Å². The normalized spacial score (nSPS) is 13.4. The van der Waals surface area contributed by atoms with E-state index in [2.05, 4.69) is 21.4 Å². The monoisotopic (exact) mass is 176 g/mol. The number of nitrogens with one attached hydrogen (secondary N) is 1. The average Bonchev–Trinajstić information content (AvgIpc) is 2.05. The van der Waals surface area contributed by atoms with Crippen LogP contribution in [0.25, 0.3) is 0 Å². The SMILES string of the molecule is CCCCC(CCCN)NP. The Morgan fingerprint density at radius 1 is 1.36 bits per heavy atom. The first-order chi connectivity index (χ1) is 5.35. The third-order valence-corrected chi connectivity index (χ3v) is 2.37. The summed E-state index contributed by atoms with van der Waals surface area (Å²) < 4.78 is 0. The first-order valence-corrected chi connectivity index (χ1v) is 5.09. The van der Waals surface area contributed by atoms with Crippen molar-refractivity contribution >= 4 is 9.39 Å². The lowest BCUT2D eigenvalue weighted by molar-refractivity contribution is 0.502. The molecule has 0 fully saturated rings. The highest BCUT2D eigenvalue weighted by Crippen LogP contribution is 2.07. The Morgan fingerprint density at radius 3 is 2.45 bits per heavy atom. The zero-order chi connectivity index (χ0) is 8.53. The van der Waals surface area contributed by atoms with Crippen LogP contribution in [0.2, 0.25) is 0 Å². The summed E-state index contributed by atoms with van der Waals surface area (Å²) in [5.74, 6) is 0. The van der Waals surface area contributed by atoms with Crippen LogP contribution in [0.5, 0.6) is 0 Å². The van der Waals surface area contributed by atoms with Gasteiger partial charge in [0, 0.05) is 6.04 Å². The van der Waals surface area contributed by atoms with Crippen LogP contribution >= 0.6 is 9.39 Å². The highest BCUT2D eigenvalue weighted by Gasteiger charge is 2.03.